The summed E-state index contributed by atoms with van der Waals surface area (Å²) in [5.41, 5.74) is 6.87. The van der Waals surface area contributed by atoms with Crippen LogP contribution in [0.4, 0.5) is 0 Å². The van der Waals surface area contributed by atoms with Crippen LogP contribution in [0.1, 0.15) is 57.7 Å². The van der Waals surface area contributed by atoms with Crippen LogP contribution < -0.4 is 5.32 Å². The summed E-state index contributed by atoms with van der Waals surface area (Å²) in [4.78, 5) is 13.0. The molecule has 1 saturated heterocycles. The molecule has 0 spiro atoms. The lowest BCUT2D eigenvalue weighted by Crippen LogP contribution is -2.45. The van der Waals surface area contributed by atoms with Crippen LogP contribution in [0.25, 0.3) is 12.2 Å². The second-order valence-electron chi connectivity index (χ2n) is 10.0. The van der Waals surface area contributed by atoms with Crippen molar-refractivity contribution in [2.24, 2.45) is 5.92 Å². The minimum atomic E-state index is -3.90. The van der Waals surface area contributed by atoms with E-state index in [1.165, 1.54) is 9.87 Å². The summed E-state index contributed by atoms with van der Waals surface area (Å²) in [6.07, 6.45) is 4.81. The van der Waals surface area contributed by atoms with Gasteiger partial charge in [0.05, 0.1) is 5.92 Å². The van der Waals surface area contributed by atoms with Crippen LogP contribution >= 0.6 is 0 Å². The van der Waals surface area contributed by atoms with Crippen molar-refractivity contribution >= 4 is 28.1 Å². The Labute approximate surface area is 219 Å². The van der Waals surface area contributed by atoms with Gasteiger partial charge in [-0.25, -0.2) is 8.42 Å². The minimum Gasteiger partial charge on any atom is -0.355 e. The van der Waals surface area contributed by atoms with Gasteiger partial charge >= 0.3 is 0 Å². The summed E-state index contributed by atoms with van der Waals surface area (Å²) in [7, 11) is -3.90. The molecule has 0 unspecified atom stereocenters. The SMILES string of the molecule is Cc1ccc(CNC(=O)[C@@H]2CCCN(S(=O)(=O)c3c(C)noc3/C=C/c3c(C)cc(C)cc3C)C2)cc1. The normalized spacial score (nSPS) is 16.8. The molecule has 3 aromatic rings. The second kappa shape index (κ2) is 11.0. The van der Waals surface area contributed by atoms with Gasteiger partial charge < -0.3 is 9.84 Å². The summed E-state index contributed by atoms with van der Waals surface area (Å²) in [5, 5.41) is 6.93. The van der Waals surface area contributed by atoms with E-state index >= 15 is 0 Å². The van der Waals surface area contributed by atoms with E-state index in [-0.39, 0.29) is 23.1 Å². The fourth-order valence-electron chi connectivity index (χ4n) is 4.96. The molecular formula is C29H35N3O4S. The van der Waals surface area contributed by atoms with Crippen molar-refractivity contribution in [2.75, 3.05) is 13.1 Å². The molecule has 2 aromatic carbocycles. The highest BCUT2D eigenvalue weighted by Gasteiger charge is 2.36. The third-order valence-electron chi connectivity index (χ3n) is 6.91. The first-order chi connectivity index (χ1) is 17.6. The lowest BCUT2D eigenvalue weighted by atomic mass is 9.98. The first-order valence-corrected chi connectivity index (χ1v) is 14.1. The van der Waals surface area contributed by atoms with Gasteiger partial charge in [0.2, 0.25) is 15.9 Å². The van der Waals surface area contributed by atoms with Crippen molar-refractivity contribution in [2.45, 2.75) is 58.9 Å². The molecule has 37 heavy (non-hydrogen) atoms. The van der Waals surface area contributed by atoms with E-state index < -0.39 is 15.9 Å². The molecule has 0 saturated carbocycles. The molecule has 1 amide bonds. The molecule has 8 heteroatoms. The Morgan fingerprint density at radius 1 is 1.05 bits per heavy atom. The number of sulfonamides is 1. The quantitative estimate of drug-likeness (QED) is 0.467. The predicted octanol–water partition coefficient (Wildman–Crippen LogP) is 5.10. The number of aryl methyl sites for hydroxylation is 5. The van der Waals surface area contributed by atoms with Crippen molar-refractivity contribution in [3.8, 4) is 0 Å². The third kappa shape index (κ3) is 6.02. The number of amides is 1. The fourth-order valence-corrected chi connectivity index (χ4v) is 6.73. The van der Waals surface area contributed by atoms with Gasteiger partial charge in [0.25, 0.3) is 0 Å². The number of benzene rings is 2. The largest absolute Gasteiger partial charge is 0.355 e. The van der Waals surface area contributed by atoms with Gasteiger partial charge in [-0.3, -0.25) is 4.79 Å². The molecule has 0 radical (unpaired) electrons. The van der Waals surface area contributed by atoms with Gasteiger partial charge in [0, 0.05) is 19.6 Å². The molecule has 0 bridgehead atoms. The zero-order valence-electron chi connectivity index (χ0n) is 22.2. The number of nitrogens with one attached hydrogen (secondary N) is 1. The number of hydrogen-bond acceptors (Lipinski definition) is 5. The van der Waals surface area contributed by atoms with Crippen LogP contribution in [0.15, 0.2) is 45.8 Å². The van der Waals surface area contributed by atoms with Crippen molar-refractivity contribution < 1.29 is 17.7 Å². The molecule has 1 aromatic heterocycles. The maximum atomic E-state index is 13.7. The minimum absolute atomic E-state index is 0.0619. The highest BCUT2D eigenvalue weighted by Crippen LogP contribution is 2.30. The van der Waals surface area contributed by atoms with Gasteiger partial charge in [0.1, 0.15) is 5.69 Å². The number of rotatable bonds is 7. The van der Waals surface area contributed by atoms with E-state index in [1.54, 1.807) is 13.0 Å². The summed E-state index contributed by atoms with van der Waals surface area (Å²) >= 11 is 0. The lowest BCUT2D eigenvalue weighted by molar-refractivity contribution is -0.126. The zero-order chi connectivity index (χ0) is 26.7. The first kappa shape index (κ1) is 26.8. The van der Waals surface area contributed by atoms with E-state index in [2.05, 4.69) is 22.6 Å². The third-order valence-corrected chi connectivity index (χ3v) is 8.94. The van der Waals surface area contributed by atoms with Crippen LogP contribution in [-0.4, -0.2) is 36.9 Å². The van der Waals surface area contributed by atoms with Gasteiger partial charge in [-0.2, -0.15) is 4.31 Å². The van der Waals surface area contributed by atoms with Crippen molar-refractivity contribution in [1.29, 1.82) is 0 Å². The molecule has 1 fully saturated rings. The van der Waals surface area contributed by atoms with E-state index in [4.69, 9.17) is 4.52 Å². The molecule has 196 valence electrons. The lowest BCUT2D eigenvalue weighted by Gasteiger charge is -2.31. The monoisotopic (exact) mass is 521 g/mol. The summed E-state index contributed by atoms with van der Waals surface area (Å²) in [6.45, 7) is 10.7. The number of aromatic nitrogens is 1. The van der Waals surface area contributed by atoms with Gasteiger partial charge in [-0.05, 0) is 75.8 Å². The maximum absolute atomic E-state index is 13.7. The van der Waals surface area contributed by atoms with E-state index in [1.807, 2.05) is 58.0 Å². The Morgan fingerprint density at radius 2 is 1.73 bits per heavy atom. The molecule has 1 aliphatic heterocycles. The zero-order valence-corrected chi connectivity index (χ0v) is 23.0. The molecule has 7 nitrogen and oxygen atoms in total. The van der Waals surface area contributed by atoms with Crippen molar-refractivity contribution in [1.82, 2.24) is 14.8 Å². The Morgan fingerprint density at radius 3 is 2.41 bits per heavy atom. The van der Waals surface area contributed by atoms with E-state index in [9.17, 15) is 13.2 Å². The van der Waals surface area contributed by atoms with Crippen LogP contribution in [0, 0.1) is 40.5 Å². The standard InChI is InChI=1S/C29H35N3O4S/c1-19-8-10-24(11-9-19)17-30-29(33)25-7-6-14-32(18-25)37(34,35)28-23(5)31-36-27(28)13-12-26-21(3)15-20(2)16-22(26)4/h8-13,15-16,25H,6-7,14,17-18H2,1-5H3,(H,30,33)/b13-12+/t25-/m1/s1. The number of carbonyl (C=O) groups is 1. The van der Waals surface area contributed by atoms with Crippen LogP contribution in [0.5, 0.6) is 0 Å². The van der Waals surface area contributed by atoms with Crippen molar-refractivity contribution in [3.63, 3.8) is 0 Å². The molecule has 1 N–H and O–H groups in total. The highest BCUT2D eigenvalue weighted by atomic mass is 32.2. The van der Waals surface area contributed by atoms with E-state index in [0.29, 0.717) is 31.6 Å². The predicted molar refractivity (Wildman–Crippen MR) is 145 cm³/mol. The Bertz CT molecular complexity index is 1400. The summed E-state index contributed by atoms with van der Waals surface area (Å²) < 4.78 is 34.3. The van der Waals surface area contributed by atoms with E-state index in [0.717, 1.165) is 27.8 Å². The summed E-state index contributed by atoms with van der Waals surface area (Å²) in [6, 6.07) is 12.2. The molecule has 1 aliphatic rings. The maximum Gasteiger partial charge on any atom is 0.248 e. The number of piperidine rings is 1. The Balaban J connectivity index is 1.51. The Hall–Kier alpha value is -3.23. The van der Waals surface area contributed by atoms with Gasteiger partial charge in [-0.1, -0.05) is 58.8 Å². The molecule has 0 aliphatic carbocycles. The number of nitrogens with zero attached hydrogens (tertiary/aromatic N) is 2. The topological polar surface area (TPSA) is 92.5 Å². The number of hydrogen-bond donors (Lipinski definition) is 1. The fraction of sp³-hybridized carbons (Fsp3) is 0.379. The van der Waals surface area contributed by atoms with Crippen LogP contribution in [0.2, 0.25) is 0 Å². The smallest absolute Gasteiger partial charge is 0.248 e. The second-order valence-corrected chi connectivity index (χ2v) is 11.9. The average molecular weight is 522 g/mol. The molecule has 2 heterocycles. The van der Waals surface area contributed by atoms with Crippen molar-refractivity contribution in [3.05, 3.63) is 81.2 Å². The number of carbonyl (C=O) groups excluding carboxylic acids is 1. The molecule has 4 rings (SSSR count). The van der Waals surface area contributed by atoms with Crippen LogP contribution in [0.3, 0.4) is 0 Å². The Kier molecular flexibility index (Phi) is 7.99. The van der Waals surface area contributed by atoms with Gasteiger partial charge in [-0.15, -0.1) is 0 Å². The molecule has 1 atom stereocenters. The first-order valence-electron chi connectivity index (χ1n) is 12.6. The highest BCUT2D eigenvalue weighted by molar-refractivity contribution is 7.89. The molecular weight excluding hydrogens is 486 g/mol. The summed E-state index contributed by atoms with van der Waals surface area (Å²) in [5.74, 6) is -0.346. The average Bonchev–Trinajstić information content (AvgIpc) is 3.24. The van der Waals surface area contributed by atoms with Gasteiger partial charge in [0.15, 0.2) is 10.7 Å². The van der Waals surface area contributed by atoms with Crippen LogP contribution in [-0.2, 0) is 21.4 Å².